The molecule has 0 bridgehead atoms. The van der Waals surface area contributed by atoms with Gasteiger partial charge in [0.1, 0.15) is 0 Å². The molecular weight excluding hydrogens is 693 g/mol. The van der Waals surface area contributed by atoms with Crippen molar-refractivity contribution in [3.8, 4) is 68.8 Å². The SMILES string of the molecule is C=C(/C=C\C(C#N)=C/CC)c1cc2c3cc4c(cc3c(-c3ccc(C#N)cc3C)cc2c2ccc(C#N)cc12)-c1ccc(-c2ccccc2C#N)c2cccc-4c12. The fourth-order valence-corrected chi connectivity index (χ4v) is 8.69. The van der Waals surface area contributed by atoms with Gasteiger partial charge in [-0.1, -0.05) is 86.3 Å². The van der Waals surface area contributed by atoms with Crippen molar-refractivity contribution in [1.29, 1.82) is 21.0 Å². The van der Waals surface area contributed by atoms with E-state index < -0.39 is 0 Å². The van der Waals surface area contributed by atoms with Crippen LogP contribution in [0.4, 0.5) is 0 Å². The van der Waals surface area contributed by atoms with E-state index in [1.165, 1.54) is 0 Å². The second kappa shape index (κ2) is 13.7. The van der Waals surface area contributed by atoms with Gasteiger partial charge in [0.2, 0.25) is 0 Å². The van der Waals surface area contributed by atoms with Gasteiger partial charge in [0.25, 0.3) is 0 Å². The van der Waals surface area contributed by atoms with E-state index in [1.54, 1.807) is 6.08 Å². The molecule has 0 spiro atoms. The smallest absolute Gasteiger partial charge is 0.0998 e. The first-order valence-electron chi connectivity index (χ1n) is 18.8. The van der Waals surface area contributed by atoms with Crippen LogP contribution in [0.25, 0.3) is 93.2 Å². The maximum absolute atomic E-state index is 10.0. The Morgan fingerprint density at radius 1 is 0.526 bits per heavy atom. The van der Waals surface area contributed by atoms with Crippen molar-refractivity contribution >= 4 is 48.7 Å². The summed E-state index contributed by atoms with van der Waals surface area (Å²) in [6.07, 6.45) is 6.32. The van der Waals surface area contributed by atoms with Crippen molar-refractivity contribution in [2.45, 2.75) is 20.3 Å². The van der Waals surface area contributed by atoms with E-state index in [0.717, 1.165) is 111 Å². The minimum atomic E-state index is 0.549. The van der Waals surface area contributed by atoms with Crippen LogP contribution in [0.3, 0.4) is 0 Å². The van der Waals surface area contributed by atoms with Crippen LogP contribution in [0.15, 0.2) is 146 Å². The van der Waals surface area contributed by atoms with Crippen LogP contribution < -0.4 is 0 Å². The molecule has 264 valence electrons. The molecule has 57 heavy (non-hydrogen) atoms. The number of hydrogen-bond acceptors (Lipinski definition) is 4. The maximum Gasteiger partial charge on any atom is 0.0998 e. The third-order valence-electron chi connectivity index (χ3n) is 11.3. The van der Waals surface area contributed by atoms with Gasteiger partial charge in [0.15, 0.2) is 0 Å². The van der Waals surface area contributed by atoms with Gasteiger partial charge in [-0.2, -0.15) is 21.0 Å². The predicted molar refractivity (Wildman–Crippen MR) is 233 cm³/mol. The number of aryl methyl sites for hydroxylation is 1. The van der Waals surface area contributed by atoms with Crippen LogP contribution in [0.1, 0.15) is 41.2 Å². The standard InChI is InChI=1S/C53H32N4/c1-4-8-33(27-54)14-13-31(2)44-23-50-47(40-18-16-35(29-56)22-45(40)44)24-46(37-17-15-34(28-55)21-32(37)3)51-26-49-43-20-19-39(38-10-6-5-9-36(38)30-57)41-11-7-12-42(53(41)43)48(49)25-52(50)51/h5-26H,2,4H2,1,3H3/b14-13-,33-8+. The molecule has 0 N–H and O–H groups in total. The van der Waals surface area contributed by atoms with E-state index in [4.69, 9.17) is 0 Å². The van der Waals surface area contributed by atoms with Crippen LogP contribution in [-0.2, 0) is 0 Å². The number of fused-ring (bicyclic) bond motifs is 8. The number of benzene rings is 8. The van der Waals surface area contributed by atoms with Crippen molar-refractivity contribution < 1.29 is 0 Å². The highest BCUT2D eigenvalue weighted by Gasteiger charge is 2.26. The minimum absolute atomic E-state index is 0.549. The summed E-state index contributed by atoms with van der Waals surface area (Å²) in [4.78, 5) is 0. The molecule has 0 saturated heterocycles. The lowest BCUT2D eigenvalue weighted by atomic mass is 9.85. The van der Waals surface area contributed by atoms with Crippen molar-refractivity contribution in [2.24, 2.45) is 0 Å². The fraction of sp³-hybridized carbons (Fsp3) is 0.0566. The highest BCUT2D eigenvalue weighted by molar-refractivity contribution is 6.27. The van der Waals surface area contributed by atoms with E-state index in [2.05, 4.69) is 92.4 Å². The van der Waals surface area contributed by atoms with Crippen molar-refractivity contribution in [3.05, 3.63) is 173 Å². The lowest BCUT2D eigenvalue weighted by Gasteiger charge is -2.18. The van der Waals surface area contributed by atoms with E-state index in [9.17, 15) is 21.0 Å². The molecule has 0 aromatic heterocycles. The Hall–Kier alpha value is -8.02. The molecule has 1 aliphatic carbocycles. The Morgan fingerprint density at radius 3 is 1.93 bits per heavy atom. The van der Waals surface area contributed by atoms with Gasteiger partial charge < -0.3 is 0 Å². The van der Waals surface area contributed by atoms with Gasteiger partial charge in [0, 0.05) is 11.1 Å². The molecule has 4 heteroatoms. The summed E-state index contributed by atoms with van der Waals surface area (Å²) in [5, 5.41) is 47.8. The number of nitriles is 4. The molecule has 0 saturated carbocycles. The number of rotatable bonds is 6. The first kappa shape index (κ1) is 34.7. The fourth-order valence-electron chi connectivity index (χ4n) is 8.69. The first-order valence-corrected chi connectivity index (χ1v) is 18.8. The minimum Gasteiger partial charge on any atom is -0.192 e. The summed E-state index contributed by atoms with van der Waals surface area (Å²) in [5.74, 6) is 0. The highest BCUT2D eigenvalue weighted by atomic mass is 14.3. The molecule has 0 unspecified atom stereocenters. The predicted octanol–water partition coefficient (Wildman–Crippen LogP) is 13.6. The lowest BCUT2D eigenvalue weighted by Crippen LogP contribution is -1.93. The Balaban J connectivity index is 1.39. The molecular formula is C53H32N4. The molecule has 0 aliphatic heterocycles. The van der Waals surface area contributed by atoms with Gasteiger partial charge in [-0.15, -0.1) is 0 Å². The zero-order valence-corrected chi connectivity index (χ0v) is 31.4. The van der Waals surface area contributed by atoms with Crippen LogP contribution in [-0.4, -0.2) is 0 Å². The molecule has 8 aromatic carbocycles. The lowest BCUT2D eigenvalue weighted by molar-refractivity contribution is 1.21. The Bertz CT molecular complexity index is 3350. The molecule has 0 atom stereocenters. The normalized spacial score (nSPS) is 11.8. The van der Waals surface area contributed by atoms with Gasteiger partial charge in [-0.25, -0.2) is 0 Å². The second-order valence-electron chi connectivity index (χ2n) is 14.5. The van der Waals surface area contributed by atoms with Gasteiger partial charge in [-0.3, -0.25) is 0 Å². The molecule has 1 aliphatic rings. The third-order valence-corrected chi connectivity index (χ3v) is 11.3. The van der Waals surface area contributed by atoms with Crippen molar-refractivity contribution in [1.82, 2.24) is 0 Å². The van der Waals surface area contributed by atoms with E-state index in [-0.39, 0.29) is 0 Å². The molecule has 0 fully saturated rings. The van der Waals surface area contributed by atoms with E-state index in [1.807, 2.05) is 79.7 Å². The summed E-state index contributed by atoms with van der Waals surface area (Å²) >= 11 is 0. The number of hydrogen-bond donors (Lipinski definition) is 0. The van der Waals surface area contributed by atoms with Crippen molar-refractivity contribution in [3.63, 3.8) is 0 Å². The Kier molecular flexibility index (Phi) is 8.34. The zero-order valence-electron chi connectivity index (χ0n) is 31.4. The molecule has 8 aromatic rings. The summed E-state index contributed by atoms with van der Waals surface area (Å²) < 4.78 is 0. The van der Waals surface area contributed by atoms with Crippen molar-refractivity contribution in [2.75, 3.05) is 0 Å². The number of allylic oxidation sites excluding steroid dienone is 5. The quantitative estimate of drug-likeness (QED) is 0.0969. The summed E-state index contributed by atoms with van der Waals surface area (Å²) in [7, 11) is 0. The van der Waals surface area contributed by atoms with Gasteiger partial charge in [-0.05, 0) is 173 Å². The van der Waals surface area contributed by atoms with E-state index in [0.29, 0.717) is 22.3 Å². The summed E-state index contributed by atoms with van der Waals surface area (Å²) in [6.45, 7) is 8.53. The first-order chi connectivity index (χ1) is 27.9. The van der Waals surface area contributed by atoms with E-state index >= 15 is 0 Å². The largest absolute Gasteiger partial charge is 0.192 e. The molecule has 0 radical (unpaired) electrons. The van der Waals surface area contributed by atoms with Gasteiger partial charge in [0.05, 0.1) is 41.0 Å². The Morgan fingerprint density at radius 2 is 1.18 bits per heavy atom. The Labute approximate surface area is 331 Å². The maximum atomic E-state index is 10.0. The average Bonchev–Trinajstić information content (AvgIpc) is 3.57. The summed E-state index contributed by atoms with van der Waals surface area (Å²) in [5.41, 5.74) is 13.6. The third kappa shape index (κ3) is 5.49. The van der Waals surface area contributed by atoms with Gasteiger partial charge >= 0.3 is 0 Å². The van der Waals surface area contributed by atoms with Crippen LogP contribution >= 0.6 is 0 Å². The van der Waals surface area contributed by atoms with Crippen LogP contribution in [0, 0.1) is 52.2 Å². The highest BCUT2D eigenvalue weighted by Crippen LogP contribution is 2.53. The second-order valence-corrected chi connectivity index (χ2v) is 14.5. The zero-order chi connectivity index (χ0) is 39.4. The molecule has 4 nitrogen and oxygen atoms in total. The topological polar surface area (TPSA) is 95.2 Å². The van der Waals surface area contributed by atoms with Crippen LogP contribution in [0.5, 0.6) is 0 Å². The monoisotopic (exact) mass is 724 g/mol. The number of nitrogens with zero attached hydrogens (tertiary/aromatic N) is 4. The molecule has 0 heterocycles. The van der Waals surface area contributed by atoms with Crippen LogP contribution in [0.2, 0.25) is 0 Å². The molecule has 9 rings (SSSR count). The molecule has 0 amide bonds. The average molecular weight is 725 g/mol. The summed E-state index contributed by atoms with van der Waals surface area (Å²) in [6, 6.07) is 48.6.